The average molecular weight is 372 g/mol. The molecule has 12 heteroatoms. The number of aryl methyl sites for hydroxylation is 1. The molecule has 2 heterocycles. The molecule has 2 aromatic heterocycles. The third kappa shape index (κ3) is 3.40. The van der Waals surface area contributed by atoms with E-state index in [2.05, 4.69) is 32.5 Å². The van der Waals surface area contributed by atoms with Gasteiger partial charge in [-0.1, -0.05) is 17.2 Å². The quantitative estimate of drug-likeness (QED) is 0.597. The third-order valence-electron chi connectivity index (χ3n) is 3.47. The number of amides is 1. The van der Waals surface area contributed by atoms with Crippen LogP contribution >= 0.6 is 0 Å². The van der Waals surface area contributed by atoms with Gasteiger partial charge in [0.25, 0.3) is 11.5 Å². The highest BCUT2D eigenvalue weighted by Crippen LogP contribution is 2.06. The van der Waals surface area contributed by atoms with E-state index >= 15 is 0 Å². The zero-order valence-electron chi connectivity index (χ0n) is 14.0. The second-order valence-electron chi connectivity index (χ2n) is 5.30. The Balaban J connectivity index is 2.18. The van der Waals surface area contributed by atoms with Crippen LogP contribution in [0.15, 0.2) is 46.5 Å². The zero-order valence-corrected chi connectivity index (χ0v) is 14.0. The summed E-state index contributed by atoms with van der Waals surface area (Å²) < 4.78 is 16.2. The predicted molar refractivity (Wildman–Crippen MR) is 91.0 cm³/mol. The van der Waals surface area contributed by atoms with Crippen molar-refractivity contribution in [1.82, 2.24) is 34.6 Å². The molecule has 0 saturated carbocycles. The number of rotatable bonds is 5. The summed E-state index contributed by atoms with van der Waals surface area (Å²) in [6.07, 6.45) is 1.36. The monoisotopic (exact) mass is 372 g/mol. The number of allylic oxidation sites excluding steroid dienone is 1. The summed E-state index contributed by atoms with van der Waals surface area (Å²) in [5, 5.41) is 16.6. The molecule has 1 N–H and O–H groups in total. The van der Waals surface area contributed by atoms with Gasteiger partial charge in [-0.2, -0.15) is 5.10 Å². The lowest BCUT2D eigenvalue weighted by Gasteiger charge is -2.11. The molecular formula is C15H13FN8O3. The van der Waals surface area contributed by atoms with E-state index < -0.39 is 28.7 Å². The minimum Gasteiger partial charge on any atom is -0.288 e. The summed E-state index contributed by atoms with van der Waals surface area (Å²) in [6, 6.07) is 4.85. The fourth-order valence-electron chi connectivity index (χ4n) is 2.24. The van der Waals surface area contributed by atoms with Gasteiger partial charge in [-0.15, -0.1) is 6.58 Å². The minimum atomic E-state index is -1.02. The van der Waals surface area contributed by atoms with E-state index in [0.29, 0.717) is 4.57 Å². The molecule has 27 heavy (non-hydrogen) atoms. The number of hydrogen-bond donors (Lipinski definition) is 1. The van der Waals surface area contributed by atoms with Crippen molar-refractivity contribution < 1.29 is 9.18 Å². The number of carbonyl (C=O) groups excluding carboxylic acids is 1. The molecule has 3 aromatic rings. The van der Waals surface area contributed by atoms with Crippen LogP contribution in [0, 0.1) is 5.82 Å². The van der Waals surface area contributed by atoms with E-state index in [9.17, 15) is 18.8 Å². The number of anilines is 1. The summed E-state index contributed by atoms with van der Waals surface area (Å²) in [5.74, 6) is -1.61. The second-order valence-corrected chi connectivity index (χ2v) is 5.30. The van der Waals surface area contributed by atoms with Crippen LogP contribution in [0.5, 0.6) is 0 Å². The summed E-state index contributed by atoms with van der Waals surface area (Å²) in [4.78, 5) is 37.8. The van der Waals surface area contributed by atoms with E-state index in [4.69, 9.17) is 0 Å². The molecule has 0 radical (unpaired) electrons. The van der Waals surface area contributed by atoms with Gasteiger partial charge in [-0.05, 0) is 28.6 Å². The first-order chi connectivity index (χ1) is 12.9. The summed E-state index contributed by atoms with van der Waals surface area (Å²) in [6.45, 7) is 3.44. The van der Waals surface area contributed by atoms with Crippen LogP contribution in [0.3, 0.4) is 0 Å². The minimum absolute atomic E-state index is 0.0278. The summed E-state index contributed by atoms with van der Waals surface area (Å²) in [5.41, 5.74) is -2.50. The molecule has 1 aromatic carbocycles. The second kappa shape index (κ2) is 7.11. The van der Waals surface area contributed by atoms with Gasteiger partial charge in [-0.3, -0.25) is 14.9 Å². The highest BCUT2D eigenvalue weighted by atomic mass is 19.1. The van der Waals surface area contributed by atoms with Gasteiger partial charge in [0.2, 0.25) is 11.6 Å². The number of nitrogens with one attached hydrogen (secondary N) is 1. The first-order valence-electron chi connectivity index (χ1n) is 7.57. The Bertz CT molecular complexity index is 1150. The number of halogens is 1. The predicted octanol–water partition coefficient (Wildman–Crippen LogP) is -0.505. The van der Waals surface area contributed by atoms with E-state index in [1.807, 2.05) is 0 Å². The molecule has 0 aliphatic rings. The van der Waals surface area contributed by atoms with Crippen LogP contribution in [0.25, 0.3) is 5.69 Å². The van der Waals surface area contributed by atoms with Crippen LogP contribution < -0.4 is 16.6 Å². The standard InChI is InChI=1S/C15H13FN8O3/c1-3-7-23-15(27)24(10-6-4-5-9(16)8-10)13(26)11(19-23)12(25)17-14-18-20-21-22(14)2/h3-6,8H,1,7H2,2H3,(H,17,18,21,25). The first-order valence-corrected chi connectivity index (χ1v) is 7.57. The molecule has 0 saturated heterocycles. The normalized spacial score (nSPS) is 10.6. The average Bonchev–Trinajstić information content (AvgIpc) is 3.02. The number of carbonyl (C=O) groups is 1. The van der Waals surface area contributed by atoms with Crippen LogP contribution in [-0.4, -0.2) is 40.5 Å². The van der Waals surface area contributed by atoms with Gasteiger partial charge in [0, 0.05) is 7.05 Å². The van der Waals surface area contributed by atoms with Gasteiger partial charge in [0.15, 0.2) is 0 Å². The molecule has 0 fully saturated rings. The van der Waals surface area contributed by atoms with Gasteiger partial charge < -0.3 is 0 Å². The molecule has 0 aliphatic heterocycles. The fraction of sp³-hybridized carbons (Fsp3) is 0.133. The van der Waals surface area contributed by atoms with Crippen LogP contribution in [0.2, 0.25) is 0 Å². The maximum absolute atomic E-state index is 13.6. The van der Waals surface area contributed by atoms with Gasteiger partial charge >= 0.3 is 5.69 Å². The first kappa shape index (κ1) is 17.8. The maximum Gasteiger partial charge on any atom is 0.352 e. The van der Waals surface area contributed by atoms with Crippen molar-refractivity contribution in [3.8, 4) is 5.69 Å². The lowest BCUT2D eigenvalue weighted by molar-refractivity contribution is 0.101. The van der Waals surface area contributed by atoms with Crippen molar-refractivity contribution in [2.45, 2.75) is 6.54 Å². The molecule has 0 spiro atoms. The van der Waals surface area contributed by atoms with Gasteiger partial charge in [0.1, 0.15) is 5.82 Å². The molecule has 0 bridgehead atoms. The van der Waals surface area contributed by atoms with E-state index in [0.717, 1.165) is 16.8 Å². The summed E-state index contributed by atoms with van der Waals surface area (Å²) >= 11 is 0. The Morgan fingerprint density at radius 1 is 1.37 bits per heavy atom. The summed E-state index contributed by atoms with van der Waals surface area (Å²) in [7, 11) is 1.48. The SMILES string of the molecule is C=CCn1nc(C(=O)Nc2nnnn2C)c(=O)n(-c2cccc(F)c2)c1=O. The number of nitrogens with zero attached hydrogens (tertiary/aromatic N) is 7. The van der Waals surface area contributed by atoms with Crippen molar-refractivity contribution in [3.63, 3.8) is 0 Å². The van der Waals surface area contributed by atoms with Crippen LogP contribution in [0.4, 0.5) is 10.3 Å². The van der Waals surface area contributed by atoms with Crippen molar-refractivity contribution >= 4 is 11.9 Å². The van der Waals surface area contributed by atoms with E-state index in [1.165, 1.54) is 29.9 Å². The van der Waals surface area contributed by atoms with E-state index in [1.54, 1.807) is 0 Å². The highest BCUT2D eigenvalue weighted by molar-refractivity contribution is 6.01. The molecule has 1 amide bonds. The maximum atomic E-state index is 13.6. The lowest BCUT2D eigenvalue weighted by Crippen LogP contribution is -2.44. The topological polar surface area (TPSA) is 130 Å². The molecule has 11 nitrogen and oxygen atoms in total. The molecular weight excluding hydrogens is 359 g/mol. The van der Waals surface area contributed by atoms with E-state index in [-0.39, 0.29) is 18.2 Å². The van der Waals surface area contributed by atoms with Crippen molar-refractivity contribution in [2.75, 3.05) is 5.32 Å². The highest BCUT2D eigenvalue weighted by Gasteiger charge is 2.21. The number of benzene rings is 1. The molecule has 0 unspecified atom stereocenters. The Morgan fingerprint density at radius 2 is 2.15 bits per heavy atom. The fourth-order valence-corrected chi connectivity index (χ4v) is 2.24. The molecule has 3 rings (SSSR count). The number of tetrazole rings is 1. The van der Waals surface area contributed by atoms with Crippen LogP contribution in [-0.2, 0) is 13.6 Å². The van der Waals surface area contributed by atoms with Gasteiger partial charge in [0.05, 0.1) is 12.2 Å². The Morgan fingerprint density at radius 3 is 2.78 bits per heavy atom. The third-order valence-corrected chi connectivity index (χ3v) is 3.47. The Hall–Kier alpha value is -3.96. The largest absolute Gasteiger partial charge is 0.352 e. The Kier molecular flexibility index (Phi) is 4.70. The zero-order chi connectivity index (χ0) is 19.6. The lowest BCUT2D eigenvalue weighted by atomic mass is 10.3. The molecule has 0 atom stereocenters. The van der Waals surface area contributed by atoms with Crippen molar-refractivity contribution in [3.05, 3.63) is 69.3 Å². The Labute approximate surface area is 150 Å². The van der Waals surface area contributed by atoms with Crippen LogP contribution in [0.1, 0.15) is 10.5 Å². The smallest absolute Gasteiger partial charge is 0.288 e. The van der Waals surface area contributed by atoms with Crippen molar-refractivity contribution in [1.29, 1.82) is 0 Å². The molecule has 0 aliphatic carbocycles. The van der Waals surface area contributed by atoms with Crippen molar-refractivity contribution in [2.24, 2.45) is 7.05 Å². The molecule has 138 valence electrons. The van der Waals surface area contributed by atoms with Gasteiger partial charge in [-0.25, -0.2) is 23.1 Å². The number of hydrogen-bond acceptors (Lipinski definition) is 7. The number of aromatic nitrogens is 7.